The molecule has 0 saturated carbocycles. The fraction of sp³-hybridized carbons (Fsp3) is 0.333. The first-order valence-corrected chi connectivity index (χ1v) is 7.67. The molecule has 0 atom stereocenters. The minimum Gasteiger partial charge on any atom is -0.350 e. The predicted molar refractivity (Wildman–Crippen MR) is 90.2 cm³/mol. The number of anilines is 3. The molecule has 130 valence electrons. The fourth-order valence-electron chi connectivity index (χ4n) is 1.79. The lowest BCUT2D eigenvalue weighted by Crippen LogP contribution is -2.28. The van der Waals surface area contributed by atoms with Gasteiger partial charge >= 0.3 is 6.18 Å². The first kappa shape index (κ1) is 18.6. The second-order valence-corrected chi connectivity index (χ2v) is 6.87. The van der Waals surface area contributed by atoms with E-state index in [4.69, 9.17) is 23.2 Å². The molecule has 0 bridgehead atoms. The van der Waals surface area contributed by atoms with Crippen molar-refractivity contribution in [2.24, 2.45) is 0 Å². The van der Waals surface area contributed by atoms with Crippen molar-refractivity contribution in [1.29, 1.82) is 0 Å². The van der Waals surface area contributed by atoms with Crippen LogP contribution in [0.15, 0.2) is 24.3 Å². The molecule has 0 saturated heterocycles. The third-order valence-corrected chi connectivity index (χ3v) is 3.35. The summed E-state index contributed by atoms with van der Waals surface area (Å²) in [5.74, 6) is -0.220. The number of hydrogen-bond donors (Lipinski definition) is 2. The van der Waals surface area contributed by atoms with Crippen LogP contribution in [0, 0.1) is 0 Å². The molecular weight excluding hydrogens is 364 g/mol. The first-order chi connectivity index (χ1) is 11.0. The van der Waals surface area contributed by atoms with E-state index >= 15 is 0 Å². The molecule has 2 N–H and O–H groups in total. The molecule has 0 spiro atoms. The van der Waals surface area contributed by atoms with Gasteiger partial charge in [0.15, 0.2) is 5.69 Å². The van der Waals surface area contributed by atoms with E-state index in [1.807, 2.05) is 0 Å². The highest BCUT2D eigenvalue weighted by Crippen LogP contribution is 2.34. The number of nitrogens with one attached hydrogen (secondary N) is 2. The molecule has 0 radical (unpaired) electrons. The maximum atomic E-state index is 13.1. The van der Waals surface area contributed by atoms with Crippen molar-refractivity contribution in [2.45, 2.75) is 32.5 Å². The minimum atomic E-state index is -4.61. The molecule has 0 aliphatic rings. The number of benzene rings is 1. The van der Waals surface area contributed by atoms with E-state index in [0.29, 0.717) is 0 Å². The average Bonchev–Trinajstić information content (AvgIpc) is 2.40. The lowest BCUT2D eigenvalue weighted by molar-refractivity contribution is -0.141. The van der Waals surface area contributed by atoms with E-state index in [-0.39, 0.29) is 27.5 Å². The molecule has 9 heteroatoms. The van der Waals surface area contributed by atoms with Gasteiger partial charge in [-0.15, -0.1) is 0 Å². The molecule has 1 aromatic carbocycles. The van der Waals surface area contributed by atoms with Gasteiger partial charge < -0.3 is 10.6 Å². The highest BCUT2D eigenvalue weighted by atomic mass is 35.5. The predicted octanol–water partition coefficient (Wildman–Crippen LogP) is 5.76. The third kappa shape index (κ3) is 4.88. The Balaban J connectivity index is 2.47. The summed E-state index contributed by atoms with van der Waals surface area (Å²) in [6, 6.07) is 5.56. The van der Waals surface area contributed by atoms with Gasteiger partial charge in [-0.1, -0.05) is 29.3 Å². The van der Waals surface area contributed by atoms with Gasteiger partial charge in [-0.3, -0.25) is 0 Å². The SMILES string of the molecule is CC(C)(C)Nc1nc(Nc2c(Cl)cccc2Cl)cc(C(F)(F)F)n1. The third-order valence-electron chi connectivity index (χ3n) is 2.72. The van der Waals surface area contributed by atoms with Crippen LogP contribution in [0.5, 0.6) is 0 Å². The Kier molecular flexibility index (Phi) is 5.15. The molecule has 1 aromatic heterocycles. The summed E-state index contributed by atoms with van der Waals surface area (Å²) in [5.41, 5.74) is -1.31. The summed E-state index contributed by atoms with van der Waals surface area (Å²) in [5, 5.41) is 6.07. The molecule has 2 aromatic rings. The maximum Gasteiger partial charge on any atom is 0.433 e. The Bertz CT molecular complexity index is 722. The smallest absolute Gasteiger partial charge is 0.350 e. The van der Waals surface area contributed by atoms with Crippen molar-refractivity contribution in [3.05, 3.63) is 40.0 Å². The van der Waals surface area contributed by atoms with Crippen molar-refractivity contribution in [2.75, 3.05) is 10.6 Å². The monoisotopic (exact) mass is 378 g/mol. The van der Waals surface area contributed by atoms with Crippen LogP contribution in [-0.4, -0.2) is 15.5 Å². The molecule has 2 rings (SSSR count). The lowest BCUT2D eigenvalue weighted by atomic mass is 10.1. The van der Waals surface area contributed by atoms with Crippen LogP contribution in [-0.2, 0) is 6.18 Å². The molecule has 0 amide bonds. The van der Waals surface area contributed by atoms with Crippen molar-refractivity contribution in [3.8, 4) is 0 Å². The van der Waals surface area contributed by atoms with E-state index in [9.17, 15) is 13.2 Å². The minimum absolute atomic E-state index is 0.0703. The number of rotatable bonds is 3. The van der Waals surface area contributed by atoms with Crippen LogP contribution in [0.3, 0.4) is 0 Å². The summed E-state index contributed by atoms with van der Waals surface area (Å²) in [4.78, 5) is 7.58. The van der Waals surface area contributed by atoms with Gasteiger partial charge in [-0.05, 0) is 32.9 Å². The zero-order valence-electron chi connectivity index (χ0n) is 13.1. The van der Waals surface area contributed by atoms with Crippen molar-refractivity contribution in [3.63, 3.8) is 0 Å². The van der Waals surface area contributed by atoms with Crippen LogP contribution < -0.4 is 10.6 Å². The summed E-state index contributed by atoms with van der Waals surface area (Å²) in [6.07, 6.45) is -4.61. The molecule has 0 unspecified atom stereocenters. The highest BCUT2D eigenvalue weighted by molar-refractivity contribution is 6.39. The van der Waals surface area contributed by atoms with Gasteiger partial charge in [0.2, 0.25) is 5.95 Å². The van der Waals surface area contributed by atoms with Crippen LogP contribution >= 0.6 is 23.2 Å². The largest absolute Gasteiger partial charge is 0.433 e. The molecule has 4 nitrogen and oxygen atoms in total. The zero-order valence-corrected chi connectivity index (χ0v) is 14.6. The molecule has 0 fully saturated rings. The van der Waals surface area contributed by atoms with Crippen molar-refractivity contribution < 1.29 is 13.2 Å². The van der Waals surface area contributed by atoms with Gasteiger partial charge in [0.25, 0.3) is 0 Å². The number of para-hydroxylation sites is 1. The Morgan fingerprint density at radius 3 is 2.08 bits per heavy atom. The van der Waals surface area contributed by atoms with E-state index < -0.39 is 17.4 Å². The number of nitrogens with zero attached hydrogens (tertiary/aromatic N) is 2. The molecule has 24 heavy (non-hydrogen) atoms. The van der Waals surface area contributed by atoms with Crippen LogP contribution in [0.25, 0.3) is 0 Å². The molecule has 0 aliphatic carbocycles. The maximum absolute atomic E-state index is 13.1. The van der Waals surface area contributed by atoms with E-state index in [1.165, 1.54) is 0 Å². The van der Waals surface area contributed by atoms with Gasteiger partial charge in [-0.2, -0.15) is 18.2 Å². The van der Waals surface area contributed by atoms with Gasteiger partial charge in [0.1, 0.15) is 5.82 Å². The molecular formula is C15H15Cl2F3N4. The Labute approximate surface area is 147 Å². The summed E-state index contributed by atoms with van der Waals surface area (Å²) in [7, 11) is 0. The van der Waals surface area contributed by atoms with E-state index in [2.05, 4.69) is 20.6 Å². The van der Waals surface area contributed by atoms with Crippen molar-refractivity contribution >= 4 is 40.7 Å². The van der Waals surface area contributed by atoms with E-state index in [0.717, 1.165) is 6.07 Å². The number of aromatic nitrogens is 2. The molecule has 0 aliphatic heterocycles. The normalized spacial score (nSPS) is 12.2. The van der Waals surface area contributed by atoms with Gasteiger partial charge in [-0.25, -0.2) is 4.98 Å². The topological polar surface area (TPSA) is 49.8 Å². The Morgan fingerprint density at radius 2 is 1.58 bits per heavy atom. The fourth-order valence-corrected chi connectivity index (χ4v) is 2.29. The van der Waals surface area contributed by atoms with Crippen LogP contribution in [0.2, 0.25) is 10.0 Å². The second-order valence-electron chi connectivity index (χ2n) is 6.06. The highest BCUT2D eigenvalue weighted by Gasteiger charge is 2.34. The average molecular weight is 379 g/mol. The number of halogens is 5. The zero-order chi connectivity index (χ0) is 18.1. The standard InChI is InChI=1S/C15H15Cl2F3N4/c1-14(2,3)24-13-21-10(15(18,19)20)7-11(23-13)22-12-8(16)5-4-6-9(12)17/h4-7H,1-3H3,(H2,21,22,23,24). The first-order valence-electron chi connectivity index (χ1n) is 6.91. The number of alkyl halides is 3. The van der Waals surface area contributed by atoms with Crippen LogP contribution in [0.1, 0.15) is 26.5 Å². The van der Waals surface area contributed by atoms with Gasteiger partial charge in [0.05, 0.1) is 15.7 Å². The second kappa shape index (κ2) is 6.64. The number of hydrogen-bond acceptors (Lipinski definition) is 4. The molecule has 1 heterocycles. The quantitative estimate of drug-likeness (QED) is 0.712. The van der Waals surface area contributed by atoms with E-state index in [1.54, 1.807) is 39.0 Å². The Morgan fingerprint density at radius 1 is 1.00 bits per heavy atom. The summed E-state index contributed by atoms with van der Waals surface area (Å²) in [6.45, 7) is 5.36. The Hall–Kier alpha value is -1.73. The van der Waals surface area contributed by atoms with Gasteiger partial charge in [0, 0.05) is 11.6 Å². The van der Waals surface area contributed by atoms with Crippen molar-refractivity contribution in [1.82, 2.24) is 9.97 Å². The summed E-state index contributed by atoms with van der Waals surface area (Å²) < 4.78 is 39.2. The summed E-state index contributed by atoms with van der Waals surface area (Å²) >= 11 is 12.1. The lowest BCUT2D eigenvalue weighted by Gasteiger charge is -2.22. The van der Waals surface area contributed by atoms with Crippen LogP contribution in [0.4, 0.5) is 30.6 Å².